The van der Waals surface area contributed by atoms with Gasteiger partial charge in [-0.3, -0.25) is 14.3 Å². The number of nitrogens with zero attached hydrogens (tertiary/aromatic N) is 4. The lowest BCUT2D eigenvalue weighted by Gasteiger charge is -2.27. The standard InChI is InChI=1S/C26H33N5O3S/c32-24(27-17-20-7-4-5-8-21(20)18-30-12-15-33-16-13-30)19-35-26-29-28-25(23-11-6-14-34-23)31(26)22-9-2-1-3-10-22/h4-8,11,14,22H,1-3,9-10,12-13,15-19H2,(H,27,32). The highest BCUT2D eigenvalue weighted by Crippen LogP contribution is 2.35. The second-order valence-electron chi connectivity index (χ2n) is 9.17. The van der Waals surface area contributed by atoms with E-state index in [1.165, 1.54) is 36.6 Å². The van der Waals surface area contributed by atoms with Crippen molar-refractivity contribution in [1.82, 2.24) is 25.0 Å². The molecule has 3 aromatic rings. The maximum atomic E-state index is 12.8. The SMILES string of the molecule is O=C(CSc1nnc(-c2ccco2)n1C1CCCCC1)NCc1ccccc1CN1CCOCC1. The zero-order valence-electron chi connectivity index (χ0n) is 20.0. The molecule has 9 heteroatoms. The number of carbonyl (C=O) groups excluding carboxylic acids is 1. The number of hydrogen-bond donors (Lipinski definition) is 1. The molecule has 1 saturated heterocycles. The summed E-state index contributed by atoms with van der Waals surface area (Å²) in [5, 5.41) is 12.7. The van der Waals surface area contributed by atoms with Crippen molar-refractivity contribution in [2.45, 2.75) is 56.4 Å². The maximum Gasteiger partial charge on any atom is 0.230 e. The molecule has 8 nitrogen and oxygen atoms in total. The van der Waals surface area contributed by atoms with Crippen molar-refractivity contribution in [3.63, 3.8) is 0 Å². The third-order valence-electron chi connectivity index (χ3n) is 6.77. The van der Waals surface area contributed by atoms with Crippen molar-refractivity contribution in [1.29, 1.82) is 0 Å². The van der Waals surface area contributed by atoms with Crippen LogP contribution in [0.2, 0.25) is 0 Å². The van der Waals surface area contributed by atoms with Gasteiger partial charge in [0.1, 0.15) is 0 Å². The molecule has 1 saturated carbocycles. The van der Waals surface area contributed by atoms with Crippen LogP contribution in [0.25, 0.3) is 11.6 Å². The number of ether oxygens (including phenoxy) is 1. The largest absolute Gasteiger partial charge is 0.461 e. The Hall–Kier alpha value is -2.62. The van der Waals surface area contributed by atoms with Crippen LogP contribution in [0.5, 0.6) is 0 Å². The van der Waals surface area contributed by atoms with Crippen LogP contribution in [-0.4, -0.2) is 57.6 Å². The van der Waals surface area contributed by atoms with Crippen LogP contribution < -0.4 is 5.32 Å². The van der Waals surface area contributed by atoms with Crippen molar-refractivity contribution in [2.24, 2.45) is 0 Å². The molecule has 186 valence electrons. The highest BCUT2D eigenvalue weighted by atomic mass is 32.2. The third kappa shape index (κ3) is 6.15. The van der Waals surface area contributed by atoms with E-state index in [1.807, 2.05) is 18.2 Å². The zero-order valence-corrected chi connectivity index (χ0v) is 20.8. The highest BCUT2D eigenvalue weighted by molar-refractivity contribution is 7.99. The Morgan fingerprint density at radius 3 is 2.60 bits per heavy atom. The maximum absolute atomic E-state index is 12.8. The van der Waals surface area contributed by atoms with Gasteiger partial charge in [0.2, 0.25) is 11.7 Å². The molecular weight excluding hydrogens is 462 g/mol. The van der Waals surface area contributed by atoms with E-state index in [-0.39, 0.29) is 5.91 Å². The molecule has 0 atom stereocenters. The molecule has 0 unspecified atom stereocenters. The topological polar surface area (TPSA) is 85.4 Å². The van der Waals surface area contributed by atoms with Crippen LogP contribution in [0, 0.1) is 0 Å². The predicted octanol–water partition coefficient (Wildman–Crippen LogP) is 4.28. The zero-order chi connectivity index (χ0) is 23.9. The third-order valence-corrected chi connectivity index (χ3v) is 7.71. The summed E-state index contributed by atoms with van der Waals surface area (Å²) < 4.78 is 13.3. The minimum Gasteiger partial charge on any atom is -0.461 e. The molecule has 5 rings (SSSR count). The molecule has 2 fully saturated rings. The molecule has 1 amide bonds. The van der Waals surface area contributed by atoms with Crippen molar-refractivity contribution in [2.75, 3.05) is 32.1 Å². The van der Waals surface area contributed by atoms with Gasteiger partial charge in [-0.25, -0.2) is 0 Å². The van der Waals surface area contributed by atoms with Crippen molar-refractivity contribution in [3.8, 4) is 11.6 Å². The minimum absolute atomic E-state index is 0.00563. The summed E-state index contributed by atoms with van der Waals surface area (Å²) >= 11 is 1.45. The lowest BCUT2D eigenvalue weighted by atomic mass is 9.95. The van der Waals surface area contributed by atoms with Gasteiger partial charge < -0.3 is 14.5 Å². The van der Waals surface area contributed by atoms with E-state index in [2.05, 4.69) is 43.2 Å². The van der Waals surface area contributed by atoms with Gasteiger partial charge in [0.15, 0.2) is 10.9 Å². The lowest BCUT2D eigenvalue weighted by Crippen LogP contribution is -2.36. The van der Waals surface area contributed by atoms with Crippen molar-refractivity contribution in [3.05, 3.63) is 53.8 Å². The first-order valence-corrected chi connectivity index (χ1v) is 13.5. The molecule has 0 radical (unpaired) electrons. The van der Waals surface area contributed by atoms with E-state index in [9.17, 15) is 4.79 Å². The second-order valence-corrected chi connectivity index (χ2v) is 10.1. The van der Waals surface area contributed by atoms with E-state index in [4.69, 9.17) is 9.15 Å². The van der Waals surface area contributed by atoms with E-state index in [1.54, 1.807) is 6.26 Å². The molecule has 2 aliphatic rings. The van der Waals surface area contributed by atoms with Crippen LogP contribution in [-0.2, 0) is 22.6 Å². The van der Waals surface area contributed by atoms with Gasteiger partial charge in [-0.2, -0.15) is 0 Å². The molecule has 35 heavy (non-hydrogen) atoms. The Kier molecular flexibility index (Phi) is 8.18. The monoisotopic (exact) mass is 495 g/mol. The summed E-state index contributed by atoms with van der Waals surface area (Å²) in [6.07, 6.45) is 7.54. The lowest BCUT2D eigenvalue weighted by molar-refractivity contribution is -0.118. The van der Waals surface area contributed by atoms with Crippen LogP contribution in [0.15, 0.2) is 52.2 Å². The van der Waals surface area contributed by atoms with E-state index < -0.39 is 0 Å². The first-order chi connectivity index (χ1) is 17.3. The molecular formula is C26H33N5O3S. The van der Waals surface area contributed by atoms with Crippen LogP contribution >= 0.6 is 11.8 Å². The molecule has 0 bridgehead atoms. The summed E-state index contributed by atoms with van der Waals surface area (Å²) in [5.41, 5.74) is 2.41. The number of rotatable bonds is 9. The van der Waals surface area contributed by atoms with Gasteiger partial charge in [-0.1, -0.05) is 55.3 Å². The number of furan rings is 1. The van der Waals surface area contributed by atoms with Crippen molar-refractivity contribution >= 4 is 17.7 Å². The number of hydrogen-bond acceptors (Lipinski definition) is 7. The summed E-state index contributed by atoms with van der Waals surface area (Å²) in [6.45, 7) is 4.85. The Bertz CT molecular complexity index is 1090. The molecule has 1 N–H and O–H groups in total. The summed E-state index contributed by atoms with van der Waals surface area (Å²) in [5.74, 6) is 1.77. The highest BCUT2D eigenvalue weighted by Gasteiger charge is 2.25. The first-order valence-electron chi connectivity index (χ1n) is 12.5. The van der Waals surface area contributed by atoms with Crippen molar-refractivity contribution < 1.29 is 13.9 Å². The average Bonchev–Trinajstić information content (AvgIpc) is 3.58. The number of carbonyl (C=O) groups is 1. The number of aromatic nitrogens is 3. The van der Waals surface area contributed by atoms with Gasteiger partial charge in [0.05, 0.1) is 25.2 Å². The molecule has 3 heterocycles. The number of morpholine rings is 1. The quantitative estimate of drug-likeness (QED) is 0.444. The first kappa shape index (κ1) is 24.1. The Balaban J connectivity index is 1.20. The Morgan fingerprint density at radius 2 is 1.83 bits per heavy atom. The predicted molar refractivity (Wildman–Crippen MR) is 135 cm³/mol. The Morgan fingerprint density at radius 1 is 1.03 bits per heavy atom. The van der Waals surface area contributed by atoms with E-state index >= 15 is 0 Å². The molecule has 2 aromatic heterocycles. The molecule has 0 spiro atoms. The summed E-state index contributed by atoms with van der Waals surface area (Å²) in [7, 11) is 0. The van der Waals surface area contributed by atoms with Gasteiger partial charge in [-0.05, 0) is 36.1 Å². The van der Waals surface area contributed by atoms with Gasteiger partial charge in [0.25, 0.3) is 0 Å². The normalized spacial score (nSPS) is 17.5. The second kappa shape index (κ2) is 11.9. The fourth-order valence-corrected chi connectivity index (χ4v) is 5.71. The van der Waals surface area contributed by atoms with Gasteiger partial charge >= 0.3 is 0 Å². The number of nitrogens with one attached hydrogen (secondary N) is 1. The van der Waals surface area contributed by atoms with Gasteiger partial charge in [0, 0.05) is 32.2 Å². The smallest absolute Gasteiger partial charge is 0.230 e. The summed E-state index contributed by atoms with van der Waals surface area (Å²) in [4.78, 5) is 15.2. The fourth-order valence-electron chi connectivity index (χ4n) is 4.88. The molecule has 1 aromatic carbocycles. The molecule has 1 aliphatic heterocycles. The Labute approximate surface area is 210 Å². The van der Waals surface area contributed by atoms with Crippen LogP contribution in [0.3, 0.4) is 0 Å². The average molecular weight is 496 g/mol. The summed E-state index contributed by atoms with van der Waals surface area (Å²) in [6, 6.07) is 12.5. The van der Waals surface area contributed by atoms with Crippen LogP contribution in [0.4, 0.5) is 0 Å². The van der Waals surface area contributed by atoms with Gasteiger partial charge in [-0.15, -0.1) is 10.2 Å². The fraction of sp³-hybridized carbons (Fsp3) is 0.500. The number of thioether (sulfide) groups is 1. The van der Waals surface area contributed by atoms with E-state index in [0.29, 0.717) is 18.3 Å². The number of benzene rings is 1. The molecule has 1 aliphatic carbocycles. The van der Waals surface area contributed by atoms with Crippen LogP contribution in [0.1, 0.15) is 49.3 Å². The number of amides is 1. The minimum atomic E-state index is -0.00563. The van der Waals surface area contributed by atoms with E-state index in [0.717, 1.165) is 68.0 Å².